The molecule has 4 N–H and O–H groups in total. The lowest BCUT2D eigenvalue weighted by Gasteiger charge is -2.13. The number of rotatable bonds is 5. The summed E-state index contributed by atoms with van der Waals surface area (Å²) in [4.78, 5) is 16.6. The molecule has 1 atom stereocenters. The first-order chi connectivity index (χ1) is 9.65. The average Bonchev–Trinajstić information content (AvgIpc) is 2.46. The third-order valence-electron chi connectivity index (χ3n) is 3.20. The maximum Gasteiger partial charge on any atom is 0.270 e. The van der Waals surface area contributed by atoms with Gasteiger partial charge in [0.15, 0.2) is 0 Å². The minimum absolute atomic E-state index is 0.134. The molecule has 2 aromatic rings. The Bertz CT molecular complexity index is 612. The summed E-state index contributed by atoms with van der Waals surface area (Å²) < 4.78 is 0. The number of nitrogen functional groups attached to an aromatic ring is 1. The standard InChI is InChI=1S/C15H20N4O/c1-3-6-10(2)17-15(20)14-9-13(19-16)11-7-4-5-8-12(11)18-14/h4-5,7-10H,3,6,16H2,1-2H3,(H,17,20)(H,18,19). The van der Waals surface area contributed by atoms with Crippen molar-refractivity contribution in [3.05, 3.63) is 36.0 Å². The highest BCUT2D eigenvalue weighted by atomic mass is 16.1. The van der Waals surface area contributed by atoms with Gasteiger partial charge >= 0.3 is 0 Å². The smallest absolute Gasteiger partial charge is 0.270 e. The summed E-state index contributed by atoms with van der Waals surface area (Å²) in [7, 11) is 0. The van der Waals surface area contributed by atoms with Crippen molar-refractivity contribution in [2.24, 2.45) is 5.84 Å². The van der Waals surface area contributed by atoms with Crippen LogP contribution in [0.25, 0.3) is 10.9 Å². The van der Waals surface area contributed by atoms with E-state index in [1.165, 1.54) is 0 Å². The molecule has 2 rings (SSSR count). The second-order valence-electron chi connectivity index (χ2n) is 4.88. The first-order valence-electron chi connectivity index (χ1n) is 6.83. The Labute approximate surface area is 118 Å². The highest BCUT2D eigenvalue weighted by molar-refractivity contribution is 5.99. The molecule has 0 radical (unpaired) electrons. The van der Waals surface area contributed by atoms with Crippen molar-refractivity contribution in [2.75, 3.05) is 5.43 Å². The molecule has 1 amide bonds. The summed E-state index contributed by atoms with van der Waals surface area (Å²) in [5.41, 5.74) is 4.44. The zero-order chi connectivity index (χ0) is 14.5. The van der Waals surface area contributed by atoms with E-state index in [9.17, 15) is 4.79 Å². The molecular weight excluding hydrogens is 252 g/mol. The number of pyridine rings is 1. The van der Waals surface area contributed by atoms with Crippen LogP contribution in [0.3, 0.4) is 0 Å². The van der Waals surface area contributed by atoms with E-state index in [1.807, 2.05) is 31.2 Å². The van der Waals surface area contributed by atoms with E-state index in [0.29, 0.717) is 11.4 Å². The lowest BCUT2D eigenvalue weighted by atomic mass is 10.1. The monoisotopic (exact) mass is 272 g/mol. The lowest BCUT2D eigenvalue weighted by molar-refractivity contribution is 0.0933. The topological polar surface area (TPSA) is 80.0 Å². The molecule has 0 fully saturated rings. The molecule has 0 bridgehead atoms. The Balaban J connectivity index is 2.32. The molecule has 20 heavy (non-hydrogen) atoms. The number of carbonyl (C=O) groups is 1. The minimum Gasteiger partial charge on any atom is -0.348 e. The summed E-state index contributed by atoms with van der Waals surface area (Å²) in [5.74, 6) is 5.35. The van der Waals surface area contributed by atoms with Gasteiger partial charge in [0.1, 0.15) is 5.69 Å². The third-order valence-corrected chi connectivity index (χ3v) is 3.20. The van der Waals surface area contributed by atoms with Crippen molar-refractivity contribution in [3.8, 4) is 0 Å². The van der Waals surface area contributed by atoms with E-state index in [4.69, 9.17) is 5.84 Å². The summed E-state index contributed by atoms with van der Waals surface area (Å²) >= 11 is 0. The summed E-state index contributed by atoms with van der Waals surface area (Å²) in [6.45, 7) is 4.08. The summed E-state index contributed by atoms with van der Waals surface area (Å²) in [6.07, 6.45) is 1.98. The molecule has 5 heteroatoms. The van der Waals surface area contributed by atoms with E-state index in [1.54, 1.807) is 6.07 Å². The van der Waals surface area contributed by atoms with Gasteiger partial charge in [-0.25, -0.2) is 4.98 Å². The van der Waals surface area contributed by atoms with Gasteiger partial charge in [-0.15, -0.1) is 0 Å². The van der Waals surface area contributed by atoms with Gasteiger partial charge in [-0.05, 0) is 25.5 Å². The highest BCUT2D eigenvalue weighted by Gasteiger charge is 2.13. The van der Waals surface area contributed by atoms with Gasteiger partial charge in [0.25, 0.3) is 5.91 Å². The van der Waals surface area contributed by atoms with Crippen LogP contribution in [0, 0.1) is 0 Å². The number of nitrogens with two attached hydrogens (primary N) is 1. The Hall–Kier alpha value is -2.14. The van der Waals surface area contributed by atoms with Gasteiger partial charge in [0.2, 0.25) is 0 Å². The van der Waals surface area contributed by atoms with Crippen molar-refractivity contribution < 1.29 is 4.79 Å². The van der Waals surface area contributed by atoms with Gasteiger partial charge < -0.3 is 10.7 Å². The predicted molar refractivity (Wildman–Crippen MR) is 81.4 cm³/mol. The van der Waals surface area contributed by atoms with Crippen molar-refractivity contribution in [2.45, 2.75) is 32.7 Å². The summed E-state index contributed by atoms with van der Waals surface area (Å²) in [6, 6.07) is 9.39. The van der Waals surface area contributed by atoms with Gasteiger partial charge in [-0.3, -0.25) is 10.6 Å². The number of nitrogens with zero attached hydrogens (tertiary/aromatic N) is 1. The number of nitrogens with one attached hydrogen (secondary N) is 2. The van der Waals surface area contributed by atoms with Crippen LogP contribution in [0.2, 0.25) is 0 Å². The fourth-order valence-electron chi connectivity index (χ4n) is 2.21. The number of aromatic nitrogens is 1. The van der Waals surface area contributed by atoms with Crippen molar-refractivity contribution >= 4 is 22.5 Å². The molecule has 1 unspecified atom stereocenters. The van der Waals surface area contributed by atoms with E-state index < -0.39 is 0 Å². The normalized spacial score (nSPS) is 12.2. The summed E-state index contributed by atoms with van der Waals surface area (Å²) in [5, 5.41) is 3.84. The number of hydrogen-bond acceptors (Lipinski definition) is 4. The highest BCUT2D eigenvalue weighted by Crippen LogP contribution is 2.22. The Morgan fingerprint density at radius 1 is 1.40 bits per heavy atom. The third kappa shape index (κ3) is 3.05. The number of fused-ring (bicyclic) bond motifs is 1. The van der Waals surface area contributed by atoms with Crippen LogP contribution in [0.5, 0.6) is 0 Å². The number of anilines is 1. The Morgan fingerprint density at radius 3 is 2.85 bits per heavy atom. The van der Waals surface area contributed by atoms with Crippen LogP contribution in [-0.2, 0) is 0 Å². The number of para-hydroxylation sites is 1. The molecular formula is C15H20N4O. The van der Waals surface area contributed by atoms with Crippen molar-refractivity contribution in [3.63, 3.8) is 0 Å². The van der Waals surface area contributed by atoms with E-state index in [-0.39, 0.29) is 11.9 Å². The maximum absolute atomic E-state index is 12.2. The van der Waals surface area contributed by atoms with Gasteiger partial charge in [0, 0.05) is 11.4 Å². The predicted octanol–water partition coefficient (Wildman–Crippen LogP) is 2.44. The van der Waals surface area contributed by atoms with Crippen LogP contribution in [0.1, 0.15) is 37.2 Å². The quantitative estimate of drug-likeness (QED) is 0.577. The van der Waals surface area contributed by atoms with Crippen LogP contribution in [-0.4, -0.2) is 16.9 Å². The minimum atomic E-state index is -0.173. The molecule has 0 saturated heterocycles. The second kappa shape index (κ2) is 6.34. The lowest BCUT2D eigenvalue weighted by Crippen LogP contribution is -2.33. The molecule has 106 valence electrons. The molecule has 1 aromatic carbocycles. The second-order valence-corrected chi connectivity index (χ2v) is 4.88. The average molecular weight is 272 g/mol. The molecule has 1 aromatic heterocycles. The van der Waals surface area contributed by atoms with Crippen LogP contribution in [0.15, 0.2) is 30.3 Å². The molecule has 0 spiro atoms. The van der Waals surface area contributed by atoms with E-state index in [0.717, 1.165) is 23.7 Å². The first-order valence-corrected chi connectivity index (χ1v) is 6.83. The Morgan fingerprint density at radius 2 is 2.15 bits per heavy atom. The van der Waals surface area contributed by atoms with Crippen molar-refractivity contribution in [1.29, 1.82) is 0 Å². The first kappa shape index (κ1) is 14.3. The molecule has 0 aliphatic heterocycles. The van der Waals surface area contributed by atoms with Crippen LogP contribution < -0.4 is 16.6 Å². The van der Waals surface area contributed by atoms with Gasteiger partial charge in [-0.2, -0.15) is 0 Å². The molecule has 1 heterocycles. The van der Waals surface area contributed by atoms with Gasteiger partial charge in [-0.1, -0.05) is 31.5 Å². The molecule has 5 nitrogen and oxygen atoms in total. The fraction of sp³-hybridized carbons (Fsp3) is 0.333. The molecule has 0 aliphatic carbocycles. The maximum atomic E-state index is 12.2. The Kier molecular flexibility index (Phi) is 4.53. The van der Waals surface area contributed by atoms with E-state index in [2.05, 4.69) is 22.7 Å². The zero-order valence-electron chi connectivity index (χ0n) is 11.8. The number of hydrogen-bond donors (Lipinski definition) is 3. The number of hydrazine groups is 1. The van der Waals surface area contributed by atoms with E-state index >= 15 is 0 Å². The largest absolute Gasteiger partial charge is 0.348 e. The van der Waals surface area contributed by atoms with Crippen molar-refractivity contribution in [1.82, 2.24) is 10.3 Å². The van der Waals surface area contributed by atoms with Crippen LogP contribution >= 0.6 is 0 Å². The molecule has 0 saturated carbocycles. The SMILES string of the molecule is CCCC(C)NC(=O)c1cc(NN)c2ccccc2n1. The zero-order valence-corrected chi connectivity index (χ0v) is 11.8. The molecule has 0 aliphatic rings. The number of carbonyl (C=O) groups excluding carboxylic acids is 1. The fourth-order valence-corrected chi connectivity index (χ4v) is 2.21. The van der Waals surface area contributed by atoms with Crippen LogP contribution in [0.4, 0.5) is 5.69 Å². The van der Waals surface area contributed by atoms with Gasteiger partial charge in [0.05, 0.1) is 11.2 Å². The number of benzene rings is 1. The number of amides is 1.